The third-order valence-electron chi connectivity index (χ3n) is 3.76. The van der Waals surface area contributed by atoms with E-state index in [-0.39, 0.29) is 5.43 Å². The lowest BCUT2D eigenvalue weighted by molar-refractivity contribution is 0.826. The van der Waals surface area contributed by atoms with Crippen LogP contribution in [0.4, 0.5) is 0 Å². The highest BCUT2D eigenvalue weighted by molar-refractivity contribution is 7.18. The molecule has 20 heavy (non-hydrogen) atoms. The first-order valence-corrected chi connectivity index (χ1v) is 7.53. The molecule has 102 valence electrons. The van der Waals surface area contributed by atoms with Gasteiger partial charge in [-0.15, -0.1) is 11.3 Å². The third kappa shape index (κ3) is 2.08. The minimum absolute atomic E-state index is 0.172. The van der Waals surface area contributed by atoms with Crippen molar-refractivity contribution in [1.29, 1.82) is 0 Å². The van der Waals surface area contributed by atoms with Crippen LogP contribution in [0.5, 0.6) is 0 Å². The van der Waals surface area contributed by atoms with Crippen LogP contribution in [0.25, 0.3) is 10.2 Å². The molecule has 3 heteroatoms. The SMILES string of the molecule is Cc1sc2c(c1C)c(=O)c(C)cn2Cc1ccccc1. The molecule has 0 aliphatic heterocycles. The van der Waals surface area contributed by atoms with E-state index in [1.807, 2.05) is 38.2 Å². The van der Waals surface area contributed by atoms with Crippen LogP contribution in [0.3, 0.4) is 0 Å². The smallest absolute Gasteiger partial charge is 0.193 e. The van der Waals surface area contributed by atoms with E-state index < -0.39 is 0 Å². The number of pyridine rings is 1. The summed E-state index contributed by atoms with van der Waals surface area (Å²) < 4.78 is 2.20. The first kappa shape index (κ1) is 13.1. The standard InChI is InChI=1S/C17H17NOS/c1-11-9-18(10-14-7-5-4-6-8-14)17-15(16(11)19)12(2)13(3)20-17/h4-9H,10H2,1-3H3. The lowest BCUT2D eigenvalue weighted by atomic mass is 10.1. The Hall–Kier alpha value is -1.87. The van der Waals surface area contributed by atoms with Crippen molar-refractivity contribution in [2.24, 2.45) is 0 Å². The zero-order chi connectivity index (χ0) is 14.3. The van der Waals surface area contributed by atoms with Crippen LogP contribution < -0.4 is 5.43 Å². The van der Waals surface area contributed by atoms with Crippen molar-refractivity contribution < 1.29 is 0 Å². The van der Waals surface area contributed by atoms with E-state index in [1.54, 1.807) is 11.3 Å². The Bertz CT molecular complexity index is 828. The number of nitrogens with zero attached hydrogens (tertiary/aromatic N) is 1. The van der Waals surface area contributed by atoms with Crippen LogP contribution in [-0.2, 0) is 6.54 Å². The van der Waals surface area contributed by atoms with Gasteiger partial charge in [0.1, 0.15) is 4.83 Å². The summed E-state index contributed by atoms with van der Waals surface area (Å²) in [4.78, 5) is 14.7. The van der Waals surface area contributed by atoms with Gasteiger partial charge < -0.3 is 4.57 Å². The summed E-state index contributed by atoms with van der Waals surface area (Å²) in [6.45, 7) is 6.83. The molecule has 0 amide bonds. The maximum absolute atomic E-state index is 12.4. The third-order valence-corrected chi connectivity index (χ3v) is 5.00. The van der Waals surface area contributed by atoms with Gasteiger partial charge in [-0.2, -0.15) is 0 Å². The van der Waals surface area contributed by atoms with E-state index in [4.69, 9.17) is 0 Å². The van der Waals surface area contributed by atoms with Gasteiger partial charge in [-0.05, 0) is 31.9 Å². The molecule has 0 fully saturated rings. The Morgan fingerprint density at radius 1 is 1.10 bits per heavy atom. The Morgan fingerprint density at radius 3 is 2.50 bits per heavy atom. The summed E-state index contributed by atoms with van der Waals surface area (Å²) in [5.41, 5.74) is 3.36. The predicted molar refractivity (Wildman–Crippen MR) is 85.8 cm³/mol. The Balaban J connectivity index is 2.24. The summed E-state index contributed by atoms with van der Waals surface area (Å²) >= 11 is 1.71. The first-order valence-electron chi connectivity index (χ1n) is 6.71. The van der Waals surface area contributed by atoms with Gasteiger partial charge in [-0.25, -0.2) is 0 Å². The number of thiophene rings is 1. The van der Waals surface area contributed by atoms with Gasteiger partial charge in [0.2, 0.25) is 0 Å². The molecule has 2 heterocycles. The molecule has 0 saturated carbocycles. The summed E-state index contributed by atoms with van der Waals surface area (Å²) in [7, 11) is 0. The molecule has 1 aromatic carbocycles. The second-order valence-corrected chi connectivity index (χ2v) is 6.42. The Labute approximate surface area is 122 Å². The average Bonchev–Trinajstić information content (AvgIpc) is 2.74. The molecule has 0 saturated heterocycles. The zero-order valence-electron chi connectivity index (χ0n) is 11.9. The van der Waals surface area contributed by atoms with Gasteiger partial charge in [-0.3, -0.25) is 4.79 Å². The van der Waals surface area contributed by atoms with Gasteiger partial charge in [0.05, 0.1) is 5.39 Å². The Morgan fingerprint density at radius 2 is 1.80 bits per heavy atom. The van der Waals surface area contributed by atoms with Crippen molar-refractivity contribution in [1.82, 2.24) is 4.57 Å². The second kappa shape index (κ2) is 4.91. The molecular formula is C17H17NOS. The quantitative estimate of drug-likeness (QED) is 0.696. The number of hydrogen-bond acceptors (Lipinski definition) is 2. The molecule has 0 spiro atoms. The van der Waals surface area contributed by atoms with E-state index in [1.165, 1.54) is 10.4 Å². The molecule has 0 atom stereocenters. The van der Waals surface area contributed by atoms with E-state index >= 15 is 0 Å². The van der Waals surface area contributed by atoms with Gasteiger partial charge >= 0.3 is 0 Å². The molecule has 0 bridgehead atoms. The summed E-state index contributed by atoms with van der Waals surface area (Å²) in [5.74, 6) is 0. The van der Waals surface area contributed by atoms with Crippen molar-refractivity contribution in [2.45, 2.75) is 27.3 Å². The van der Waals surface area contributed by atoms with Crippen molar-refractivity contribution >= 4 is 21.6 Å². The first-order chi connectivity index (χ1) is 9.58. The molecule has 3 aromatic rings. The summed E-state index contributed by atoms with van der Waals surface area (Å²) in [6.07, 6.45) is 1.98. The molecule has 2 aromatic heterocycles. The fourth-order valence-corrected chi connectivity index (χ4v) is 3.65. The van der Waals surface area contributed by atoms with Crippen molar-refractivity contribution in [3.63, 3.8) is 0 Å². The van der Waals surface area contributed by atoms with E-state index in [2.05, 4.69) is 23.6 Å². The van der Waals surface area contributed by atoms with Gasteiger partial charge in [0, 0.05) is 23.2 Å². The number of fused-ring (bicyclic) bond motifs is 1. The fraction of sp³-hybridized carbons (Fsp3) is 0.235. The highest BCUT2D eigenvalue weighted by Crippen LogP contribution is 2.28. The second-order valence-electron chi connectivity index (χ2n) is 5.22. The molecule has 0 unspecified atom stereocenters. The normalized spacial score (nSPS) is 11.2. The van der Waals surface area contributed by atoms with E-state index in [9.17, 15) is 4.79 Å². The van der Waals surface area contributed by atoms with Crippen LogP contribution in [0.1, 0.15) is 21.6 Å². The number of aryl methyl sites for hydroxylation is 3. The molecule has 0 radical (unpaired) electrons. The highest BCUT2D eigenvalue weighted by Gasteiger charge is 2.13. The predicted octanol–water partition coefficient (Wildman–Crippen LogP) is 4.04. The topological polar surface area (TPSA) is 22.0 Å². The van der Waals surface area contributed by atoms with Crippen molar-refractivity contribution in [3.05, 3.63) is 68.3 Å². The lowest BCUT2D eigenvalue weighted by Crippen LogP contribution is -2.12. The van der Waals surface area contributed by atoms with Gasteiger partial charge in [0.25, 0.3) is 0 Å². The van der Waals surface area contributed by atoms with Gasteiger partial charge in [0.15, 0.2) is 5.43 Å². The Kier molecular flexibility index (Phi) is 3.22. The van der Waals surface area contributed by atoms with Crippen LogP contribution in [0, 0.1) is 20.8 Å². The average molecular weight is 283 g/mol. The van der Waals surface area contributed by atoms with Crippen molar-refractivity contribution in [2.75, 3.05) is 0 Å². The number of benzene rings is 1. The molecule has 0 N–H and O–H groups in total. The molecule has 0 aliphatic rings. The molecule has 0 aliphatic carbocycles. The fourth-order valence-electron chi connectivity index (χ4n) is 2.52. The number of aromatic nitrogens is 1. The highest BCUT2D eigenvalue weighted by atomic mass is 32.1. The van der Waals surface area contributed by atoms with E-state index in [0.29, 0.717) is 0 Å². The zero-order valence-corrected chi connectivity index (χ0v) is 12.8. The van der Waals surface area contributed by atoms with Crippen LogP contribution in [0.2, 0.25) is 0 Å². The van der Waals surface area contributed by atoms with Crippen LogP contribution in [0.15, 0.2) is 41.3 Å². The minimum atomic E-state index is 0.172. The van der Waals surface area contributed by atoms with Crippen LogP contribution in [-0.4, -0.2) is 4.57 Å². The molecule has 2 nitrogen and oxygen atoms in total. The molecule has 3 rings (SSSR count). The van der Waals surface area contributed by atoms with Crippen LogP contribution >= 0.6 is 11.3 Å². The summed E-state index contributed by atoms with van der Waals surface area (Å²) in [5, 5.41) is 0.892. The monoisotopic (exact) mass is 283 g/mol. The number of rotatable bonds is 2. The maximum atomic E-state index is 12.4. The molecular weight excluding hydrogens is 266 g/mol. The van der Waals surface area contributed by atoms with Crippen molar-refractivity contribution in [3.8, 4) is 0 Å². The lowest BCUT2D eigenvalue weighted by Gasteiger charge is -2.10. The minimum Gasteiger partial charge on any atom is -0.334 e. The van der Waals surface area contributed by atoms with E-state index in [0.717, 1.165) is 27.9 Å². The largest absolute Gasteiger partial charge is 0.334 e. The summed E-state index contributed by atoms with van der Waals surface area (Å²) in [6, 6.07) is 10.4. The maximum Gasteiger partial charge on any atom is 0.193 e. The van der Waals surface area contributed by atoms with Gasteiger partial charge in [-0.1, -0.05) is 30.3 Å². The number of hydrogen-bond donors (Lipinski definition) is 0.